The van der Waals surface area contributed by atoms with Crippen LogP contribution in [0.25, 0.3) is 0 Å². The summed E-state index contributed by atoms with van der Waals surface area (Å²) >= 11 is 0. The van der Waals surface area contributed by atoms with Crippen LogP contribution in [0.5, 0.6) is 0 Å². The fourth-order valence-corrected chi connectivity index (χ4v) is 1.81. The Kier molecular flexibility index (Phi) is 11.8. The summed E-state index contributed by atoms with van der Waals surface area (Å²) in [5.74, 6) is -1.69. The van der Waals surface area contributed by atoms with Crippen LogP contribution in [0.2, 0.25) is 0 Å². The van der Waals surface area contributed by atoms with Gasteiger partial charge in [0.2, 0.25) is 0 Å². The lowest BCUT2D eigenvalue weighted by Gasteiger charge is -2.27. The highest BCUT2D eigenvalue weighted by atomic mass is 16.7. The Morgan fingerprint density at radius 2 is 1.62 bits per heavy atom. The van der Waals surface area contributed by atoms with Crippen molar-refractivity contribution in [2.45, 2.75) is 58.8 Å². The molecule has 0 heterocycles. The van der Waals surface area contributed by atoms with Crippen LogP contribution in [-0.2, 0) is 42.8 Å². The number of esters is 3. The molecule has 2 atom stereocenters. The Morgan fingerprint density at radius 3 is 2.12 bits per heavy atom. The molecule has 0 saturated heterocycles. The van der Waals surface area contributed by atoms with Gasteiger partial charge in [-0.05, 0) is 20.8 Å². The molecule has 0 N–H and O–H groups in total. The lowest BCUT2D eigenvalue weighted by atomic mass is 10.1. The van der Waals surface area contributed by atoms with E-state index in [1.165, 1.54) is 21.0 Å². The van der Waals surface area contributed by atoms with Crippen molar-refractivity contribution in [3.63, 3.8) is 0 Å². The van der Waals surface area contributed by atoms with Gasteiger partial charge in [-0.2, -0.15) is 0 Å². The van der Waals surface area contributed by atoms with Crippen LogP contribution >= 0.6 is 0 Å². The Labute approximate surface area is 154 Å². The van der Waals surface area contributed by atoms with Gasteiger partial charge in [0, 0.05) is 21.0 Å². The zero-order chi connectivity index (χ0) is 20.2. The Morgan fingerprint density at radius 1 is 0.962 bits per heavy atom. The van der Waals surface area contributed by atoms with Gasteiger partial charge in [-0.25, -0.2) is 0 Å². The van der Waals surface area contributed by atoms with Crippen molar-refractivity contribution < 1.29 is 42.8 Å². The summed E-state index contributed by atoms with van der Waals surface area (Å²) in [5, 5.41) is 0. The second-order valence-electron chi connectivity index (χ2n) is 6.47. The van der Waals surface area contributed by atoms with Crippen LogP contribution in [-0.4, -0.2) is 69.4 Å². The molecule has 0 aromatic rings. The lowest BCUT2D eigenvalue weighted by molar-refractivity contribution is -0.185. The highest BCUT2D eigenvalue weighted by molar-refractivity contribution is 5.71. The molecule has 152 valence electrons. The fourth-order valence-electron chi connectivity index (χ4n) is 1.81. The van der Waals surface area contributed by atoms with Crippen LogP contribution in [0.1, 0.15) is 41.0 Å². The first-order chi connectivity index (χ1) is 12.0. The van der Waals surface area contributed by atoms with Gasteiger partial charge >= 0.3 is 17.9 Å². The zero-order valence-electron chi connectivity index (χ0n) is 16.4. The summed E-state index contributed by atoms with van der Waals surface area (Å²) in [6.45, 7) is 7.89. The molecule has 0 aromatic heterocycles. The molecule has 0 unspecified atom stereocenters. The predicted octanol–water partition coefficient (Wildman–Crippen LogP) is 1.22. The van der Waals surface area contributed by atoms with E-state index in [1.807, 2.05) is 0 Å². The number of carbonyl (C=O) groups excluding carboxylic acids is 3. The van der Waals surface area contributed by atoms with E-state index in [0.29, 0.717) is 6.61 Å². The molecule has 0 aliphatic rings. The third-order valence-electron chi connectivity index (χ3n) is 2.77. The van der Waals surface area contributed by atoms with Crippen LogP contribution in [0.3, 0.4) is 0 Å². The van der Waals surface area contributed by atoms with E-state index in [2.05, 4.69) is 0 Å². The summed E-state index contributed by atoms with van der Waals surface area (Å²) in [5.41, 5.74) is -0.677. The molecule has 0 bridgehead atoms. The van der Waals surface area contributed by atoms with Crippen molar-refractivity contribution in [3.8, 4) is 0 Å². The second kappa shape index (κ2) is 12.6. The SMILES string of the molecule is COCCOCO[C@@H](CC(=O)OC(C)(C)C)[C@H](COC(C)=O)OC(C)=O. The van der Waals surface area contributed by atoms with Crippen molar-refractivity contribution in [1.29, 1.82) is 0 Å². The molecular weight excluding hydrogens is 348 g/mol. The van der Waals surface area contributed by atoms with Crippen molar-refractivity contribution in [2.24, 2.45) is 0 Å². The quantitative estimate of drug-likeness (QED) is 0.214. The topological polar surface area (TPSA) is 107 Å². The second-order valence-corrected chi connectivity index (χ2v) is 6.47. The van der Waals surface area contributed by atoms with E-state index in [1.54, 1.807) is 20.8 Å². The molecule has 0 saturated carbocycles. The molecule has 0 fully saturated rings. The molecule has 26 heavy (non-hydrogen) atoms. The van der Waals surface area contributed by atoms with E-state index in [0.717, 1.165) is 0 Å². The van der Waals surface area contributed by atoms with E-state index < -0.39 is 35.7 Å². The Balaban J connectivity index is 4.97. The molecule has 9 heteroatoms. The molecule has 0 aliphatic carbocycles. The van der Waals surface area contributed by atoms with Crippen LogP contribution in [0.15, 0.2) is 0 Å². The van der Waals surface area contributed by atoms with Crippen molar-refractivity contribution >= 4 is 17.9 Å². The molecular formula is C17H30O9. The zero-order valence-corrected chi connectivity index (χ0v) is 16.4. The number of hydrogen-bond acceptors (Lipinski definition) is 9. The van der Waals surface area contributed by atoms with E-state index in [9.17, 15) is 14.4 Å². The van der Waals surface area contributed by atoms with Crippen molar-refractivity contribution in [1.82, 2.24) is 0 Å². The van der Waals surface area contributed by atoms with Gasteiger partial charge in [0.15, 0.2) is 6.10 Å². The van der Waals surface area contributed by atoms with Crippen molar-refractivity contribution in [3.05, 3.63) is 0 Å². The van der Waals surface area contributed by atoms with Gasteiger partial charge in [0.05, 0.1) is 19.6 Å². The van der Waals surface area contributed by atoms with Gasteiger partial charge in [-0.3, -0.25) is 14.4 Å². The monoisotopic (exact) mass is 378 g/mol. The first kappa shape index (κ1) is 24.3. The van der Waals surface area contributed by atoms with E-state index in [-0.39, 0.29) is 26.4 Å². The third-order valence-corrected chi connectivity index (χ3v) is 2.77. The average Bonchev–Trinajstić information content (AvgIpc) is 2.47. The molecule has 0 rings (SSSR count). The highest BCUT2D eigenvalue weighted by Gasteiger charge is 2.31. The number of rotatable bonds is 12. The minimum atomic E-state index is -0.977. The summed E-state index contributed by atoms with van der Waals surface area (Å²) in [4.78, 5) is 34.5. The first-order valence-corrected chi connectivity index (χ1v) is 8.26. The minimum Gasteiger partial charge on any atom is -0.462 e. The number of hydrogen-bond donors (Lipinski definition) is 0. The predicted molar refractivity (Wildman–Crippen MR) is 90.2 cm³/mol. The molecule has 0 aliphatic heterocycles. The number of carbonyl (C=O) groups is 3. The smallest absolute Gasteiger partial charge is 0.309 e. The standard InChI is InChI=1S/C17H30O9/c1-12(18)23-10-15(25-13(2)19)14(24-11-22-8-7-21-6)9-16(20)26-17(3,4)5/h14-15H,7-11H2,1-6H3/t14-,15-/m0/s1. The Bertz CT molecular complexity index is 442. The van der Waals surface area contributed by atoms with Gasteiger partial charge in [-0.15, -0.1) is 0 Å². The van der Waals surface area contributed by atoms with Crippen molar-refractivity contribution in [2.75, 3.05) is 33.7 Å². The van der Waals surface area contributed by atoms with Gasteiger partial charge in [0.25, 0.3) is 0 Å². The van der Waals surface area contributed by atoms with E-state index in [4.69, 9.17) is 28.4 Å². The maximum Gasteiger partial charge on any atom is 0.309 e. The third kappa shape index (κ3) is 13.6. The minimum absolute atomic E-state index is 0.158. The maximum absolute atomic E-state index is 12.1. The molecule has 0 radical (unpaired) electrons. The normalized spacial score (nSPS) is 13.6. The van der Waals surface area contributed by atoms with Gasteiger partial charge in [0.1, 0.15) is 25.1 Å². The fraction of sp³-hybridized carbons (Fsp3) is 0.824. The summed E-state index contributed by atoms with van der Waals surface area (Å²) in [6, 6.07) is 0. The molecule has 0 spiro atoms. The lowest BCUT2D eigenvalue weighted by Crippen LogP contribution is -2.40. The summed E-state index contributed by atoms with van der Waals surface area (Å²) < 4.78 is 30.9. The first-order valence-electron chi connectivity index (χ1n) is 8.26. The van der Waals surface area contributed by atoms with E-state index >= 15 is 0 Å². The summed E-state index contributed by atoms with van der Waals surface area (Å²) in [6.07, 6.45) is -2.09. The molecule has 0 aromatic carbocycles. The largest absolute Gasteiger partial charge is 0.462 e. The van der Waals surface area contributed by atoms with Crippen LogP contribution in [0.4, 0.5) is 0 Å². The average molecular weight is 378 g/mol. The molecule has 9 nitrogen and oxygen atoms in total. The molecule has 0 amide bonds. The maximum atomic E-state index is 12.1. The van der Waals surface area contributed by atoms with Crippen LogP contribution in [0, 0.1) is 0 Å². The number of methoxy groups -OCH3 is 1. The van der Waals surface area contributed by atoms with Crippen LogP contribution < -0.4 is 0 Å². The van der Waals surface area contributed by atoms with Gasteiger partial charge in [-0.1, -0.05) is 0 Å². The van der Waals surface area contributed by atoms with Gasteiger partial charge < -0.3 is 28.4 Å². The number of ether oxygens (including phenoxy) is 6. The summed E-state index contributed by atoms with van der Waals surface area (Å²) in [7, 11) is 1.53. The highest BCUT2D eigenvalue weighted by Crippen LogP contribution is 2.15. The Hall–Kier alpha value is -1.71.